The average Bonchev–Trinajstić information content (AvgIpc) is 2.28. The summed E-state index contributed by atoms with van der Waals surface area (Å²) >= 11 is 2.03. The van der Waals surface area contributed by atoms with Gasteiger partial charge in [-0.1, -0.05) is 30.3 Å². The molecular formula is C12H13IO2. The molecule has 0 atom stereocenters. The minimum absolute atomic E-state index is 0.251. The Morgan fingerprint density at radius 3 is 2.47 bits per heavy atom. The van der Waals surface area contributed by atoms with Crippen molar-refractivity contribution in [1.82, 2.24) is 0 Å². The molecule has 0 amide bonds. The number of rotatable bonds is 3. The average molecular weight is 316 g/mol. The van der Waals surface area contributed by atoms with Gasteiger partial charge in [0.1, 0.15) is 3.58 Å². The van der Waals surface area contributed by atoms with Gasteiger partial charge in [0.25, 0.3) is 0 Å². The fraction of sp³-hybridized carbons (Fsp3) is 0.250. The molecule has 0 N–H and O–H groups in total. The van der Waals surface area contributed by atoms with E-state index in [0.717, 1.165) is 11.1 Å². The molecule has 0 aliphatic heterocycles. The molecule has 0 aliphatic rings. The van der Waals surface area contributed by atoms with Crippen LogP contribution in [0.15, 0.2) is 33.9 Å². The third-order valence-electron chi connectivity index (χ3n) is 1.99. The Kier molecular flexibility index (Phi) is 4.81. The number of hydrogen-bond donors (Lipinski definition) is 0. The van der Waals surface area contributed by atoms with Crippen LogP contribution in [0, 0.1) is 0 Å². The third kappa shape index (κ3) is 3.34. The Labute approximate surface area is 103 Å². The third-order valence-corrected chi connectivity index (χ3v) is 3.24. The normalized spacial score (nSPS) is 11.9. The van der Waals surface area contributed by atoms with Crippen molar-refractivity contribution in [2.75, 3.05) is 6.61 Å². The van der Waals surface area contributed by atoms with E-state index in [1.165, 1.54) is 0 Å². The molecule has 0 unspecified atom stereocenters. The molecule has 0 saturated heterocycles. The SMILES string of the molecule is CCOC(=O)/C(I)=C(/C)c1ccccc1. The number of allylic oxidation sites excluding steroid dienone is 1. The highest BCUT2D eigenvalue weighted by molar-refractivity contribution is 14.1. The smallest absolute Gasteiger partial charge is 0.344 e. The van der Waals surface area contributed by atoms with Gasteiger partial charge in [0.2, 0.25) is 0 Å². The standard InChI is InChI=1S/C12H13IO2/c1-3-15-12(14)11(13)9(2)10-7-5-4-6-8-10/h4-8H,3H2,1-2H3/b11-9+. The Morgan fingerprint density at radius 2 is 1.93 bits per heavy atom. The molecule has 15 heavy (non-hydrogen) atoms. The van der Waals surface area contributed by atoms with Crippen molar-refractivity contribution < 1.29 is 9.53 Å². The first-order valence-corrected chi connectivity index (χ1v) is 5.83. The second-order valence-corrected chi connectivity index (χ2v) is 4.10. The monoisotopic (exact) mass is 316 g/mol. The van der Waals surface area contributed by atoms with Crippen LogP contribution in [0.25, 0.3) is 5.57 Å². The minimum atomic E-state index is -0.251. The molecule has 2 nitrogen and oxygen atoms in total. The highest BCUT2D eigenvalue weighted by Crippen LogP contribution is 2.23. The summed E-state index contributed by atoms with van der Waals surface area (Å²) in [5.41, 5.74) is 2.00. The number of benzene rings is 1. The van der Waals surface area contributed by atoms with Crippen molar-refractivity contribution in [2.24, 2.45) is 0 Å². The van der Waals surface area contributed by atoms with Gasteiger partial charge in [0.05, 0.1) is 6.61 Å². The molecular weight excluding hydrogens is 303 g/mol. The number of carbonyl (C=O) groups excluding carboxylic acids is 1. The lowest BCUT2D eigenvalue weighted by Crippen LogP contribution is -2.04. The van der Waals surface area contributed by atoms with Gasteiger partial charge in [-0.05, 0) is 47.6 Å². The molecule has 0 bridgehead atoms. The maximum atomic E-state index is 11.5. The fourth-order valence-electron chi connectivity index (χ4n) is 1.16. The predicted octanol–water partition coefficient (Wildman–Crippen LogP) is 3.42. The second kappa shape index (κ2) is 5.90. The lowest BCUT2D eigenvalue weighted by Gasteiger charge is -2.05. The van der Waals surface area contributed by atoms with Crippen LogP contribution in [0.1, 0.15) is 19.4 Å². The molecule has 1 aromatic rings. The maximum absolute atomic E-state index is 11.5. The van der Waals surface area contributed by atoms with Crippen LogP contribution in [0.3, 0.4) is 0 Å². The highest BCUT2D eigenvalue weighted by atomic mass is 127. The van der Waals surface area contributed by atoms with Gasteiger partial charge in [-0.3, -0.25) is 0 Å². The van der Waals surface area contributed by atoms with Crippen molar-refractivity contribution >= 4 is 34.1 Å². The summed E-state index contributed by atoms with van der Waals surface area (Å²) in [6.45, 7) is 4.14. The zero-order chi connectivity index (χ0) is 11.3. The van der Waals surface area contributed by atoms with Gasteiger partial charge < -0.3 is 4.74 Å². The molecule has 3 heteroatoms. The first-order chi connectivity index (χ1) is 7.16. The van der Waals surface area contributed by atoms with Gasteiger partial charge in [-0.2, -0.15) is 0 Å². The summed E-state index contributed by atoms with van der Waals surface area (Å²) in [6, 6.07) is 9.82. The van der Waals surface area contributed by atoms with Crippen LogP contribution in [0.4, 0.5) is 0 Å². The van der Waals surface area contributed by atoms with E-state index in [1.54, 1.807) is 6.92 Å². The molecule has 0 aliphatic carbocycles. The number of carbonyl (C=O) groups is 1. The van der Waals surface area contributed by atoms with E-state index in [0.29, 0.717) is 10.2 Å². The number of hydrogen-bond acceptors (Lipinski definition) is 2. The van der Waals surface area contributed by atoms with E-state index < -0.39 is 0 Å². The van der Waals surface area contributed by atoms with E-state index in [2.05, 4.69) is 0 Å². The van der Waals surface area contributed by atoms with Crippen LogP contribution in [-0.2, 0) is 9.53 Å². The van der Waals surface area contributed by atoms with Crippen molar-refractivity contribution in [3.05, 3.63) is 39.5 Å². The Bertz CT molecular complexity index is 368. The summed E-state index contributed by atoms with van der Waals surface area (Å²) < 4.78 is 5.58. The van der Waals surface area contributed by atoms with E-state index >= 15 is 0 Å². The summed E-state index contributed by atoms with van der Waals surface area (Å²) in [5, 5.41) is 0. The Morgan fingerprint density at radius 1 is 1.33 bits per heavy atom. The van der Waals surface area contributed by atoms with Crippen molar-refractivity contribution in [3.8, 4) is 0 Å². The molecule has 0 radical (unpaired) electrons. The molecule has 1 aromatic carbocycles. The first-order valence-electron chi connectivity index (χ1n) is 4.75. The number of ether oxygens (including phenoxy) is 1. The molecule has 0 fully saturated rings. The second-order valence-electron chi connectivity index (χ2n) is 3.03. The lowest BCUT2D eigenvalue weighted by atomic mass is 10.1. The van der Waals surface area contributed by atoms with E-state index in [4.69, 9.17) is 4.74 Å². The highest BCUT2D eigenvalue weighted by Gasteiger charge is 2.11. The van der Waals surface area contributed by atoms with Gasteiger partial charge >= 0.3 is 5.97 Å². The topological polar surface area (TPSA) is 26.3 Å². The number of esters is 1. The van der Waals surface area contributed by atoms with Crippen molar-refractivity contribution in [3.63, 3.8) is 0 Å². The minimum Gasteiger partial charge on any atom is -0.462 e. The van der Waals surface area contributed by atoms with E-state index in [9.17, 15) is 4.79 Å². The largest absolute Gasteiger partial charge is 0.462 e. The number of halogens is 1. The Hall–Kier alpha value is -0.840. The molecule has 80 valence electrons. The van der Waals surface area contributed by atoms with Gasteiger partial charge in [0, 0.05) is 0 Å². The quantitative estimate of drug-likeness (QED) is 0.485. The molecule has 0 spiro atoms. The Balaban J connectivity index is 2.95. The first kappa shape index (κ1) is 12.2. The van der Waals surface area contributed by atoms with Crippen LogP contribution >= 0.6 is 22.6 Å². The van der Waals surface area contributed by atoms with Gasteiger partial charge in [-0.25, -0.2) is 4.79 Å². The van der Waals surface area contributed by atoms with Crippen LogP contribution in [0.5, 0.6) is 0 Å². The van der Waals surface area contributed by atoms with Crippen LogP contribution in [-0.4, -0.2) is 12.6 Å². The molecule has 1 rings (SSSR count). The fourth-order valence-corrected chi connectivity index (χ4v) is 1.63. The van der Waals surface area contributed by atoms with Crippen molar-refractivity contribution in [1.29, 1.82) is 0 Å². The summed E-state index contributed by atoms with van der Waals surface area (Å²) in [6.07, 6.45) is 0. The molecule has 0 heterocycles. The lowest BCUT2D eigenvalue weighted by molar-refractivity contribution is -0.137. The van der Waals surface area contributed by atoms with Gasteiger partial charge in [-0.15, -0.1) is 0 Å². The zero-order valence-corrected chi connectivity index (χ0v) is 10.9. The van der Waals surface area contributed by atoms with Crippen molar-refractivity contribution in [2.45, 2.75) is 13.8 Å². The van der Waals surface area contributed by atoms with E-state index in [1.807, 2.05) is 59.8 Å². The summed E-state index contributed by atoms with van der Waals surface area (Å²) in [4.78, 5) is 11.5. The predicted molar refractivity (Wildman–Crippen MR) is 69.7 cm³/mol. The molecule has 0 aromatic heterocycles. The summed E-state index contributed by atoms with van der Waals surface area (Å²) in [7, 11) is 0. The maximum Gasteiger partial charge on any atom is 0.344 e. The van der Waals surface area contributed by atoms with Gasteiger partial charge in [0.15, 0.2) is 0 Å². The summed E-state index contributed by atoms with van der Waals surface area (Å²) in [5.74, 6) is -0.251. The molecule has 0 saturated carbocycles. The van der Waals surface area contributed by atoms with Crippen LogP contribution in [0.2, 0.25) is 0 Å². The zero-order valence-electron chi connectivity index (χ0n) is 8.79. The van der Waals surface area contributed by atoms with E-state index in [-0.39, 0.29) is 5.97 Å². The van der Waals surface area contributed by atoms with Crippen LogP contribution < -0.4 is 0 Å².